The van der Waals surface area contributed by atoms with Crippen molar-refractivity contribution in [2.24, 2.45) is 0 Å². The van der Waals surface area contributed by atoms with Crippen molar-refractivity contribution in [1.82, 2.24) is 0 Å². The summed E-state index contributed by atoms with van der Waals surface area (Å²) in [5.74, 6) is 0. The molecule has 15 heavy (non-hydrogen) atoms. The Morgan fingerprint density at radius 2 is 1.53 bits per heavy atom. The average Bonchev–Trinajstić information content (AvgIpc) is 2.22. The molecule has 0 saturated carbocycles. The SMILES string of the molecule is ClBr.Nc1cccc2ccccc12.[Cs+].[H-].[Pb]. The molecule has 0 amide bonds. The van der Waals surface area contributed by atoms with E-state index in [9.17, 15) is 0 Å². The maximum absolute atomic E-state index is 5.76. The molecule has 0 aliphatic rings. The third-order valence-electron chi connectivity index (χ3n) is 1.82. The van der Waals surface area contributed by atoms with Crippen LogP contribution in [0.3, 0.4) is 0 Å². The number of benzene rings is 2. The molecule has 0 aliphatic carbocycles. The van der Waals surface area contributed by atoms with Crippen LogP contribution in [0.2, 0.25) is 0 Å². The van der Waals surface area contributed by atoms with Crippen molar-refractivity contribution in [3.8, 4) is 0 Å². The molecular weight excluding hydrogens is 590 g/mol. The van der Waals surface area contributed by atoms with E-state index in [0.29, 0.717) is 0 Å². The normalized spacial score (nSPS) is 7.87. The van der Waals surface area contributed by atoms with Crippen LogP contribution in [0, 0.1) is 0 Å². The maximum Gasteiger partial charge on any atom is 1.00 e. The number of fused-ring (bicyclic) bond motifs is 1. The van der Waals surface area contributed by atoms with E-state index < -0.39 is 0 Å². The molecule has 0 unspecified atom stereocenters. The first-order valence-electron chi connectivity index (χ1n) is 3.75. The van der Waals surface area contributed by atoms with Crippen molar-refractivity contribution in [2.75, 3.05) is 5.73 Å². The largest absolute Gasteiger partial charge is 1.00 e. The van der Waals surface area contributed by atoms with Gasteiger partial charge in [-0.15, -0.1) is 0 Å². The Balaban J connectivity index is -0.000000321. The molecule has 4 radical (unpaired) electrons. The topological polar surface area (TPSA) is 26.0 Å². The standard InChI is InChI=1S/C10H9N.BrCl.Cs.Pb.H/c11-10-7-3-5-8-4-1-2-6-9(8)10;1-2;;;/h1-7H,11H2;;;;/q;;+1;;-1. The number of anilines is 1. The van der Waals surface area contributed by atoms with Gasteiger partial charge in [-0.1, -0.05) is 36.4 Å². The molecule has 0 saturated heterocycles. The Bertz CT molecular complexity index is 400. The van der Waals surface area contributed by atoms with Gasteiger partial charge in [-0.3, -0.25) is 0 Å². The smallest absolute Gasteiger partial charge is 1.00 e. The second-order valence-electron chi connectivity index (χ2n) is 2.57. The number of rotatable bonds is 0. The third kappa shape index (κ3) is 6.10. The maximum atomic E-state index is 5.76. The minimum Gasteiger partial charge on any atom is -1.00 e. The summed E-state index contributed by atoms with van der Waals surface area (Å²) in [7, 11) is 4.45. The van der Waals surface area contributed by atoms with Crippen LogP contribution in [0.1, 0.15) is 1.43 Å². The van der Waals surface area contributed by atoms with Gasteiger partial charge in [0.1, 0.15) is 0 Å². The molecular formula is C10H10BrClCsNPb. The summed E-state index contributed by atoms with van der Waals surface area (Å²) in [6.45, 7) is 0. The molecule has 2 N–H and O–H groups in total. The molecule has 74 valence electrons. The van der Waals surface area contributed by atoms with E-state index in [4.69, 9.17) is 5.73 Å². The van der Waals surface area contributed by atoms with E-state index in [2.05, 4.69) is 37.3 Å². The first kappa shape index (κ1) is 19.6. The number of halogens is 2. The van der Waals surface area contributed by atoms with E-state index in [-0.39, 0.29) is 97.6 Å². The Kier molecular flexibility index (Phi) is 14.8. The van der Waals surface area contributed by atoms with Gasteiger partial charge in [0.05, 0.1) is 0 Å². The molecule has 0 aromatic heterocycles. The van der Waals surface area contributed by atoms with Gasteiger partial charge in [0.15, 0.2) is 0 Å². The fourth-order valence-electron chi connectivity index (χ4n) is 1.25. The van der Waals surface area contributed by atoms with Gasteiger partial charge in [-0.2, -0.15) is 0 Å². The van der Waals surface area contributed by atoms with Crippen LogP contribution in [-0.2, 0) is 0 Å². The van der Waals surface area contributed by atoms with E-state index in [0.717, 1.165) is 11.1 Å². The number of hydrogen-bond acceptors (Lipinski definition) is 1. The summed E-state index contributed by atoms with van der Waals surface area (Å²) in [6, 6.07) is 14.1. The van der Waals surface area contributed by atoms with E-state index >= 15 is 0 Å². The van der Waals surface area contributed by atoms with Crippen LogP contribution in [0.15, 0.2) is 42.5 Å². The molecule has 1 nitrogen and oxygen atoms in total. The first-order valence-corrected chi connectivity index (χ1v) is 5.84. The van der Waals surface area contributed by atoms with Gasteiger partial charge >= 0.3 is 68.9 Å². The van der Waals surface area contributed by atoms with Gasteiger partial charge in [0.25, 0.3) is 0 Å². The Labute approximate surface area is 183 Å². The van der Waals surface area contributed by atoms with Crippen molar-refractivity contribution >= 4 is 68.9 Å². The minimum absolute atomic E-state index is 0. The van der Waals surface area contributed by atoms with Crippen molar-refractivity contribution in [2.45, 2.75) is 0 Å². The van der Waals surface area contributed by atoms with Crippen LogP contribution in [0.4, 0.5) is 5.69 Å². The quantitative estimate of drug-likeness (QED) is 0.351. The number of nitrogen functional groups attached to an aromatic ring is 1. The molecule has 5 heteroatoms. The Morgan fingerprint density at radius 1 is 1.00 bits per heavy atom. The minimum atomic E-state index is 0. The first-order chi connectivity index (χ1) is 6.38. The van der Waals surface area contributed by atoms with Crippen molar-refractivity contribution in [3.63, 3.8) is 0 Å². The van der Waals surface area contributed by atoms with Crippen LogP contribution >= 0.6 is 25.1 Å². The molecule has 0 heterocycles. The molecule has 2 aromatic rings. The summed E-state index contributed by atoms with van der Waals surface area (Å²) in [6.07, 6.45) is 0. The Hall–Kier alpha value is 2.24. The van der Waals surface area contributed by atoms with Gasteiger partial charge in [0.2, 0.25) is 0 Å². The predicted molar refractivity (Wildman–Crippen MR) is 70.0 cm³/mol. The zero-order valence-electron chi connectivity index (χ0n) is 9.37. The van der Waals surface area contributed by atoms with E-state index in [1.165, 1.54) is 5.39 Å². The zero-order chi connectivity index (χ0) is 9.68. The predicted octanol–water partition coefficient (Wildman–Crippen LogP) is 0.693. The second kappa shape index (κ2) is 11.3. The average molecular weight is 600 g/mol. The fraction of sp³-hybridized carbons (Fsp3) is 0. The zero-order valence-corrected chi connectivity index (χ0v) is 20.9. The summed E-state index contributed by atoms with van der Waals surface area (Å²) in [4.78, 5) is 0. The molecule has 0 aliphatic heterocycles. The summed E-state index contributed by atoms with van der Waals surface area (Å²) < 4.78 is 0. The summed E-state index contributed by atoms with van der Waals surface area (Å²) in [5, 5.41) is 2.34. The Morgan fingerprint density at radius 3 is 2.13 bits per heavy atom. The molecule has 0 bridgehead atoms. The molecule has 0 atom stereocenters. The van der Waals surface area contributed by atoms with Gasteiger partial charge in [-0.25, -0.2) is 0 Å². The molecule has 0 fully saturated rings. The molecule has 2 aromatic carbocycles. The van der Waals surface area contributed by atoms with Gasteiger partial charge in [-0.05, 0) is 21.6 Å². The number of nitrogens with two attached hydrogens (primary N) is 1. The van der Waals surface area contributed by atoms with Crippen molar-refractivity contribution in [1.29, 1.82) is 0 Å². The summed E-state index contributed by atoms with van der Waals surface area (Å²) >= 11 is 2.41. The van der Waals surface area contributed by atoms with Crippen LogP contribution in [0.25, 0.3) is 10.8 Å². The second-order valence-corrected chi connectivity index (χ2v) is 2.57. The molecule has 2 rings (SSSR count). The monoisotopic (exact) mass is 599 g/mol. The third-order valence-corrected chi connectivity index (χ3v) is 1.82. The fourth-order valence-corrected chi connectivity index (χ4v) is 1.25. The number of hydrogen-bond donors (Lipinski definition) is 1. The van der Waals surface area contributed by atoms with Gasteiger partial charge in [0, 0.05) is 53.4 Å². The van der Waals surface area contributed by atoms with Crippen LogP contribution < -0.4 is 74.6 Å². The van der Waals surface area contributed by atoms with E-state index in [1.807, 2.05) is 30.3 Å². The van der Waals surface area contributed by atoms with Crippen LogP contribution in [-0.4, -0.2) is 27.3 Å². The molecule has 0 spiro atoms. The van der Waals surface area contributed by atoms with E-state index in [1.54, 1.807) is 0 Å². The summed E-state index contributed by atoms with van der Waals surface area (Å²) in [5.41, 5.74) is 6.61. The van der Waals surface area contributed by atoms with Crippen LogP contribution in [0.5, 0.6) is 0 Å². The van der Waals surface area contributed by atoms with Crippen molar-refractivity contribution in [3.05, 3.63) is 42.5 Å². The van der Waals surface area contributed by atoms with Gasteiger partial charge < -0.3 is 7.16 Å². The van der Waals surface area contributed by atoms with Crippen molar-refractivity contribution < 1.29 is 70.3 Å².